The number of rotatable bonds is 1. The van der Waals surface area contributed by atoms with Gasteiger partial charge in [0.15, 0.2) is 0 Å². The molecule has 0 aliphatic rings. The molecule has 0 unspecified atom stereocenters. The lowest BCUT2D eigenvalue weighted by molar-refractivity contribution is 0.877. The van der Waals surface area contributed by atoms with E-state index in [2.05, 4.69) is 38.1 Å². The van der Waals surface area contributed by atoms with E-state index in [4.69, 9.17) is 5.73 Å². The van der Waals surface area contributed by atoms with E-state index in [1.54, 1.807) is 0 Å². The van der Waals surface area contributed by atoms with Gasteiger partial charge in [-0.2, -0.15) is 0 Å². The molecule has 2 rings (SSSR count). The minimum Gasteiger partial charge on any atom is -0.399 e. The third-order valence-corrected chi connectivity index (χ3v) is 2.54. The van der Waals surface area contributed by atoms with E-state index in [0.29, 0.717) is 5.92 Å². The highest BCUT2D eigenvalue weighted by molar-refractivity contribution is 5.89. The van der Waals surface area contributed by atoms with Crippen LogP contribution < -0.4 is 5.73 Å². The number of benzene rings is 2. The molecule has 0 fully saturated rings. The average molecular weight is 185 g/mol. The molecular formula is C13H15N. The number of nitrogen functional groups attached to an aromatic ring is 1. The summed E-state index contributed by atoms with van der Waals surface area (Å²) in [5.41, 5.74) is 8.05. The Hall–Kier alpha value is -1.50. The second-order valence-corrected chi connectivity index (χ2v) is 3.99. The Bertz CT molecular complexity index is 458. The molecule has 0 saturated carbocycles. The lowest BCUT2D eigenvalue weighted by Crippen LogP contribution is -1.93. The van der Waals surface area contributed by atoms with Crippen LogP contribution >= 0.6 is 0 Å². The maximum atomic E-state index is 5.86. The van der Waals surface area contributed by atoms with Crippen LogP contribution in [0.5, 0.6) is 0 Å². The number of hydrogen-bond acceptors (Lipinski definition) is 1. The van der Waals surface area contributed by atoms with E-state index >= 15 is 0 Å². The highest BCUT2D eigenvalue weighted by atomic mass is 14.5. The molecule has 0 amide bonds. The molecule has 0 atom stereocenters. The fourth-order valence-electron chi connectivity index (χ4n) is 1.84. The quantitative estimate of drug-likeness (QED) is 0.675. The topological polar surface area (TPSA) is 26.0 Å². The minimum atomic E-state index is 0.517. The Balaban J connectivity index is 2.80. The van der Waals surface area contributed by atoms with Crippen LogP contribution in [0, 0.1) is 0 Å². The fourth-order valence-corrected chi connectivity index (χ4v) is 1.84. The molecule has 0 spiro atoms. The summed E-state index contributed by atoms with van der Waals surface area (Å²) in [6, 6.07) is 12.5. The normalized spacial score (nSPS) is 11.1. The van der Waals surface area contributed by atoms with Crippen molar-refractivity contribution in [2.45, 2.75) is 19.8 Å². The molecule has 2 aromatic carbocycles. The molecule has 0 aromatic heterocycles. The van der Waals surface area contributed by atoms with E-state index in [1.807, 2.05) is 12.1 Å². The van der Waals surface area contributed by atoms with Gasteiger partial charge in [-0.15, -0.1) is 0 Å². The SMILES string of the molecule is CC(C)c1cc(N)cc2ccccc12. The van der Waals surface area contributed by atoms with Crippen LogP contribution in [0.15, 0.2) is 36.4 Å². The Morgan fingerprint density at radius 3 is 2.50 bits per heavy atom. The molecule has 0 aliphatic heterocycles. The third kappa shape index (κ3) is 1.46. The first-order valence-electron chi connectivity index (χ1n) is 4.96. The highest BCUT2D eigenvalue weighted by Gasteiger charge is 2.05. The summed E-state index contributed by atoms with van der Waals surface area (Å²) in [5.74, 6) is 0.517. The lowest BCUT2D eigenvalue weighted by Gasteiger charge is -2.11. The van der Waals surface area contributed by atoms with Gasteiger partial charge in [-0.25, -0.2) is 0 Å². The van der Waals surface area contributed by atoms with Crippen molar-refractivity contribution in [3.63, 3.8) is 0 Å². The van der Waals surface area contributed by atoms with Gasteiger partial charge in [0.2, 0.25) is 0 Å². The summed E-state index contributed by atoms with van der Waals surface area (Å²) in [6.07, 6.45) is 0. The Morgan fingerprint density at radius 1 is 1.07 bits per heavy atom. The molecule has 1 nitrogen and oxygen atoms in total. The Labute approximate surface area is 84.5 Å². The fraction of sp³-hybridized carbons (Fsp3) is 0.231. The van der Waals surface area contributed by atoms with Gasteiger partial charge < -0.3 is 5.73 Å². The number of hydrogen-bond donors (Lipinski definition) is 1. The zero-order valence-electron chi connectivity index (χ0n) is 8.62. The smallest absolute Gasteiger partial charge is 0.0323 e. The van der Waals surface area contributed by atoms with Gasteiger partial charge in [-0.1, -0.05) is 38.1 Å². The molecule has 1 heteroatoms. The van der Waals surface area contributed by atoms with Crippen molar-refractivity contribution in [1.82, 2.24) is 0 Å². The molecule has 0 saturated heterocycles. The van der Waals surface area contributed by atoms with Crippen LogP contribution in [-0.4, -0.2) is 0 Å². The zero-order chi connectivity index (χ0) is 10.1. The summed E-state index contributed by atoms with van der Waals surface area (Å²) in [7, 11) is 0. The largest absolute Gasteiger partial charge is 0.399 e. The van der Waals surface area contributed by atoms with Crippen LogP contribution in [-0.2, 0) is 0 Å². The first kappa shape index (κ1) is 9.07. The maximum Gasteiger partial charge on any atom is 0.0323 e. The van der Waals surface area contributed by atoms with Crippen LogP contribution in [0.1, 0.15) is 25.3 Å². The van der Waals surface area contributed by atoms with Crippen molar-refractivity contribution in [3.8, 4) is 0 Å². The molecule has 2 N–H and O–H groups in total. The third-order valence-electron chi connectivity index (χ3n) is 2.54. The first-order valence-corrected chi connectivity index (χ1v) is 4.96. The Kier molecular flexibility index (Phi) is 2.16. The van der Waals surface area contributed by atoms with Crippen molar-refractivity contribution < 1.29 is 0 Å². The predicted octanol–water partition coefficient (Wildman–Crippen LogP) is 3.55. The van der Waals surface area contributed by atoms with Gasteiger partial charge in [0.1, 0.15) is 0 Å². The van der Waals surface area contributed by atoms with Gasteiger partial charge in [0.25, 0.3) is 0 Å². The van der Waals surface area contributed by atoms with Crippen molar-refractivity contribution >= 4 is 16.5 Å². The van der Waals surface area contributed by atoms with Crippen LogP contribution in [0.2, 0.25) is 0 Å². The molecule has 0 bridgehead atoms. The second-order valence-electron chi connectivity index (χ2n) is 3.99. The molecule has 72 valence electrons. The number of fused-ring (bicyclic) bond motifs is 1. The van der Waals surface area contributed by atoms with Crippen molar-refractivity contribution in [3.05, 3.63) is 42.0 Å². The minimum absolute atomic E-state index is 0.517. The summed E-state index contributed by atoms with van der Waals surface area (Å²) in [4.78, 5) is 0. The zero-order valence-corrected chi connectivity index (χ0v) is 8.62. The van der Waals surface area contributed by atoms with Gasteiger partial charge in [-0.05, 0) is 34.4 Å². The van der Waals surface area contributed by atoms with Gasteiger partial charge >= 0.3 is 0 Å². The van der Waals surface area contributed by atoms with E-state index in [-0.39, 0.29) is 0 Å². The first-order chi connectivity index (χ1) is 6.68. The lowest BCUT2D eigenvalue weighted by atomic mass is 9.95. The summed E-state index contributed by atoms with van der Waals surface area (Å²) >= 11 is 0. The van der Waals surface area contributed by atoms with E-state index in [9.17, 15) is 0 Å². The monoisotopic (exact) mass is 185 g/mol. The van der Waals surface area contributed by atoms with Gasteiger partial charge in [0.05, 0.1) is 0 Å². The Morgan fingerprint density at radius 2 is 1.79 bits per heavy atom. The molecule has 2 aromatic rings. The molecule has 0 aliphatic carbocycles. The summed E-state index contributed by atoms with van der Waals surface area (Å²) < 4.78 is 0. The molecular weight excluding hydrogens is 170 g/mol. The molecule has 14 heavy (non-hydrogen) atoms. The highest BCUT2D eigenvalue weighted by Crippen LogP contribution is 2.27. The molecule has 0 radical (unpaired) electrons. The number of nitrogens with two attached hydrogens (primary N) is 1. The standard InChI is InChI=1S/C13H15N/c1-9(2)13-8-11(14)7-10-5-3-4-6-12(10)13/h3-9H,14H2,1-2H3. The van der Waals surface area contributed by atoms with Gasteiger partial charge in [-0.3, -0.25) is 0 Å². The molecule has 0 heterocycles. The predicted molar refractivity (Wildman–Crippen MR) is 62.4 cm³/mol. The van der Waals surface area contributed by atoms with E-state index < -0.39 is 0 Å². The van der Waals surface area contributed by atoms with Crippen LogP contribution in [0.25, 0.3) is 10.8 Å². The van der Waals surface area contributed by atoms with Crippen molar-refractivity contribution in [2.24, 2.45) is 0 Å². The average Bonchev–Trinajstić information content (AvgIpc) is 2.16. The second kappa shape index (κ2) is 3.33. The summed E-state index contributed by atoms with van der Waals surface area (Å²) in [6.45, 7) is 4.39. The van der Waals surface area contributed by atoms with Crippen molar-refractivity contribution in [1.29, 1.82) is 0 Å². The maximum absolute atomic E-state index is 5.86. The number of anilines is 1. The summed E-state index contributed by atoms with van der Waals surface area (Å²) in [5, 5.41) is 2.55. The van der Waals surface area contributed by atoms with Crippen LogP contribution in [0.3, 0.4) is 0 Å². The van der Waals surface area contributed by atoms with E-state index in [1.165, 1.54) is 16.3 Å². The van der Waals surface area contributed by atoms with Crippen LogP contribution in [0.4, 0.5) is 5.69 Å². The van der Waals surface area contributed by atoms with E-state index in [0.717, 1.165) is 5.69 Å². The van der Waals surface area contributed by atoms with Crippen molar-refractivity contribution in [2.75, 3.05) is 5.73 Å². The van der Waals surface area contributed by atoms with Gasteiger partial charge in [0, 0.05) is 5.69 Å².